The summed E-state index contributed by atoms with van der Waals surface area (Å²) in [7, 11) is 1.32. The Bertz CT molecular complexity index is 326. The molecular weight excluding hydrogens is 180 g/mol. The highest BCUT2D eigenvalue weighted by molar-refractivity contribution is 5.76. The zero-order chi connectivity index (χ0) is 10.6. The van der Waals surface area contributed by atoms with Crippen LogP contribution in [0.25, 0.3) is 0 Å². The number of carbonyl (C=O) groups is 1. The minimum absolute atomic E-state index is 0.402. The first-order valence-electron chi connectivity index (χ1n) is 4.32. The molecule has 4 heteroatoms. The Labute approximate surface area is 82.8 Å². The number of nitrogen functional groups attached to an aromatic ring is 1. The SMILES string of the molecule is COC(=O)[C@@H](N)Cc1ccccc1N. The number of benzene rings is 1. The van der Waals surface area contributed by atoms with E-state index in [1.54, 1.807) is 6.07 Å². The maximum Gasteiger partial charge on any atom is 0.322 e. The molecule has 0 aromatic heterocycles. The van der Waals surface area contributed by atoms with Crippen molar-refractivity contribution in [1.82, 2.24) is 0 Å². The summed E-state index contributed by atoms with van der Waals surface area (Å²) in [5, 5.41) is 0. The monoisotopic (exact) mass is 194 g/mol. The van der Waals surface area contributed by atoms with Crippen molar-refractivity contribution in [2.45, 2.75) is 12.5 Å². The predicted molar refractivity (Wildman–Crippen MR) is 54.5 cm³/mol. The molecule has 1 rings (SSSR count). The quantitative estimate of drug-likeness (QED) is 0.536. The molecular formula is C10H14N2O2. The van der Waals surface area contributed by atoms with Crippen LogP contribution in [0.15, 0.2) is 24.3 Å². The molecule has 0 fully saturated rings. The Kier molecular flexibility index (Phi) is 3.48. The van der Waals surface area contributed by atoms with E-state index < -0.39 is 12.0 Å². The van der Waals surface area contributed by atoms with E-state index in [-0.39, 0.29) is 0 Å². The Hall–Kier alpha value is -1.55. The van der Waals surface area contributed by atoms with Crippen LogP contribution in [0, 0.1) is 0 Å². The smallest absolute Gasteiger partial charge is 0.322 e. The molecule has 0 spiro atoms. The summed E-state index contributed by atoms with van der Waals surface area (Å²) < 4.78 is 4.52. The van der Waals surface area contributed by atoms with Gasteiger partial charge in [0.05, 0.1) is 7.11 Å². The van der Waals surface area contributed by atoms with Crippen LogP contribution in [0.4, 0.5) is 5.69 Å². The van der Waals surface area contributed by atoms with E-state index in [1.807, 2.05) is 18.2 Å². The van der Waals surface area contributed by atoms with Gasteiger partial charge < -0.3 is 16.2 Å². The van der Waals surface area contributed by atoms with Crippen LogP contribution >= 0.6 is 0 Å². The van der Waals surface area contributed by atoms with E-state index in [4.69, 9.17) is 11.5 Å². The first-order valence-corrected chi connectivity index (χ1v) is 4.32. The van der Waals surface area contributed by atoms with Gasteiger partial charge in [-0.05, 0) is 11.6 Å². The molecule has 0 bridgehead atoms. The lowest BCUT2D eigenvalue weighted by molar-refractivity contribution is -0.142. The standard InChI is InChI=1S/C10H14N2O2/c1-14-10(13)9(12)6-7-4-2-3-5-8(7)11/h2-5,9H,6,11-12H2,1H3/t9-/m0/s1. The van der Waals surface area contributed by atoms with Crippen LogP contribution in [-0.2, 0) is 16.0 Å². The van der Waals surface area contributed by atoms with Crippen LogP contribution in [0.1, 0.15) is 5.56 Å². The second-order valence-corrected chi connectivity index (χ2v) is 3.03. The predicted octanol–water partition coefficient (Wildman–Crippen LogP) is 0.312. The van der Waals surface area contributed by atoms with E-state index in [0.717, 1.165) is 5.56 Å². The van der Waals surface area contributed by atoms with Gasteiger partial charge in [-0.25, -0.2) is 0 Å². The number of rotatable bonds is 3. The fourth-order valence-electron chi connectivity index (χ4n) is 1.19. The van der Waals surface area contributed by atoms with Crippen molar-refractivity contribution in [1.29, 1.82) is 0 Å². The summed E-state index contributed by atoms with van der Waals surface area (Å²) in [5.74, 6) is -0.423. The van der Waals surface area contributed by atoms with Gasteiger partial charge in [0.25, 0.3) is 0 Å². The second-order valence-electron chi connectivity index (χ2n) is 3.03. The van der Waals surface area contributed by atoms with Crippen molar-refractivity contribution >= 4 is 11.7 Å². The minimum Gasteiger partial charge on any atom is -0.468 e. The fourth-order valence-corrected chi connectivity index (χ4v) is 1.19. The van der Waals surface area contributed by atoms with Gasteiger partial charge in [0.15, 0.2) is 0 Å². The molecule has 0 aliphatic carbocycles. The Morgan fingerprint density at radius 2 is 2.14 bits per heavy atom. The number of anilines is 1. The molecule has 0 aliphatic heterocycles. The number of carbonyl (C=O) groups excluding carboxylic acids is 1. The minimum atomic E-state index is -0.648. The molecule has 0 saturated carbocycles. The number of methoxy groups -OCH3 is 1. The van der Waals surface area contributed by atoms with Gasteiger partial charge in [-0.2, -0.15) is 0 Å². The molecule has 14 heavy (non-hydrogen) atoms. The molecule has 1 aromatic rings. The molecule has 1 atom stereocenters. The highest BCUT2D eigenvalue weighted by atomic mass is 16.5. The fraction of sp³-hybridized carbons (Fsp3) is 0.300. The number of para-hydroxylation sites is 1. The lowest BCUT2D eigenvalue weighted by Crippen LogP contribution is -2.33. The van der Waals surface area contributed by atoms with Gasteiger partial charge in [-0.3, -0.25) is 4.79 Å². The van der Waals surface area contributed by atoms with Gasteiger partial charge in [-0.15, -0.1) is 0 Å². The summed E-state index contributed by atoms with van der Waals surface area (Å²) in [5.41, 5.74) is 12.8. The molecule has 76 valence electrons. The zero-order valence-electron chi connectivity index (χ0n) is 8.07. The third-order valence-corrected chi connectivity index (χ3v) is 2.00. The Morgan fingerprint density at radius 3 is 2.71 bits per heavy atom. The van der Waals surface area contributed by atoms with Crippen molar-refractivity contribution in [2.75, 3.05) is 12.8 Å². The van der Waals surface area contributed by atoms with E-state index in [2.05, 4.69) is 4.74 Å². The van der Waals surface area contributed by atoms with E-state index in [9.17, 15) is 4.79 Å². The summed E-state index contributed by atoms with van der Waals surface area (Å²) in [6.45, 7) is 0. The third-order valence-electron chi connectivity index (χ3n) is 2.00. The number of ether oxygens (including phenoxy) is 1. The van der Waals surface area contributed by atoms with Crippen LogP contribution in [0.2, 0.25) is 0 Å². The van der Waals surface area contributed by atoms with Gasteiger partial charge in [0.2, 0.25) is 0 Å². The first kappa shape index (κ1) is 10.5. The van der Waals surface area contributed by atoms with Gasteiger partial charge in [-0.1, -0.05) is 18.2 Å². The number of hydrogen-bond donors (Lipinski definition) is 2. The van der Waals surface area contributed by atoms with Crippen molar-refractivity contribution in [3.63, 3.8) is 0 Å². The van der Waals surface area contributed by atoms with Crippen LogP contribution in [0.5, 0.6) is 0 Å². The van der Waals surface area contributed by atoms with Crippen LogP contribution in [0.3, 0.4) is 0 Å². The molecule has 0 unspecified atom stereocenters. The third kappa shape index (κ3) is 2.47. The van der Waals surface area contributed by atoms with Crippen LogP contribution < -0.4 is 11.5 Å². The maximum absolute atomic E-state index is 11.0. The van der Waals surface area contributed by atoms with Crippen molar-refractivity contribution in [3.8, 4) is 0 Å². The lowest BCUT2D eigenvalue weighted by Gasteiger charge is -2.10. The average Bonchev–Trinajstić information content (AvgIpc) is 2.20. The summed E-state index contributed by atoms with van der Waals surface area (Å²) in [4.78, 5) is 11.0. The van der Waals surface area contributed by atoms with E-state index in [0.29, 0.717) is 12.1 Å². The average molecular weight is 194 g/mol. The van der Waals surface area contributed by atoms with Crippen molar-refractivity contribution in [2.24, 2.45) is 5.73 Å². The van der Waals surface area contributed by atoms with E-state index >= 15 is 0 Å². The molecule has 0 heterocycles. The number of nitrogens with two attached hydrogens (primary N) is 2. The second kappa shape index (κ2) is 4.62. The summed E-state index contributed by atoms with van der Waals surface area (Å²) in [6, 6.07) is 6.67. The zero-order valence-corrected chi connectivity index (χ0v) is 8.07. The Balaban J connectivity index is 2.69. The van der Waals surface area contributed by atoms with Crippen molar-refractivity contribution in [3.05, 3.63) is 29.8 Å². The lowest BCUT2D eigenvalue weighted by atomic mass is 10.1. The maximum atomic E-state index is 11.0. The Morgan fingerprint density at radius 1 is 1.50 bits per heavy atom. The van der Waals surface area contributed by atoms with Gasteiger partial charge in [0.1, 0.15) is 6.04 Å². The van der Waals surface area contributed by atoms with Crippen molar-refractivity contribution < 1.29 is 9.53 Å². The molecule has 0 saturated heterocycles. The molecule has 4 N–H and O–H groups in total. The van der Waals surface area contributed by atoms with E-state index in [1.165, 1.54) is 7.11 Å². The number of hydrogen-bond acceptors (Lipinski definition) is 4. The van der Waals surface area contributed by atoms with Crippen LogP contribution in [-0.4, -0.2) is 19.1 Å². The summed E-state index contributed by atoms with van der Waals surface area (Å²) >= 11 is 0. The molecule has 4 nitrogen and oxygen atoms in total. The highest BCUT2D eigenvalue weighted by Crippen LogP contribution is 2.12. The molecule has 0 aliphatic rings. The molecule has 1 aromatic carbocycles. The largest absolute Gasteiger partial charge is 0.468 e. The normalized spacial score (nSPS) is 12.1. The molecule has 0 amide bonds. The highest BCUT2D eigenvalue weighted by Gasteiger charge is 2.14. The first-order chi connectivity index (χ1) is 6.65. The van der Waals surface area contributed by atoms with Gasteiger partial charge in [0, 0.05) is 12.1 Å². The molecule has 0 radical (unpaired) electrons. The topological polar surface area (TPSA) is 78.3 Å². The summed E-state index contributed by atoms with van der Waals surface area (Å²) in [6.07, 6.45) is 0.402. The number of esters is 1. The van der Waals surface area contributed by atoms with Gasteiger partial charge >= 0.3 is 5.97 Å².